The van der Waals surface area contributed by atoms with Crippen molar-refractivity contribution in [3.8, 4) is 5.75 Å². The minimum absolute atomic E-state index is 0.106. The molecule has 0 aromatic heterocycles. The van der Waals surface area contributed by atoms with Gasteiger partial charge in [-0.25, -0.2) is 9.69 Å². The first-order valence-electron chi connectivity index (χ1n) is 7.62. The smallest absolute Gasteiger partial charge is 0.335 e. The van der Waals surface area contributed by atoms with Crippen LogP contribution in [0.3, 0.4) is 0 Å². The molecule has 1 aliphatic rings. The van der Waals surface area contributed by atoms with Crippen LogP contribution in [0.15, 0.2) is 54.1 Å². The molecule has 0 aliphatic carbocycles. The molecule has 1 N–H and O–H groups in total. The Morgan fingerprint density at radius 2 is 1.60 bits per heavy atom. The number of imide groups is 2. The lowest BCUT2D eigenvalue weighted by atomic mass is 10.1. The van der Waals surface area contributed by atoms with Crippen LogP contribution in [-0.4, -0.2) is 25.0 Å². The van der Waals surface area contributed by atoms with Gasteiger partial charge in [0.2, 0.25) is 0 Å². The molecule has 0 radical (unpaired) electrons. The summed E-state index contributed by atoms with van der Waals surface area (Å²) in [6.07, 6.45) is 1.45. The molecule has 1 fully saturated rings. The number of hydrogen-bond donors (Lipinski definition) is 1. The van der Waals surface area contributed by atoms with E-state index in [4.69, 9.17) is 4.74 Å². The van der Waals surface area contributed by atoms with Gasteiger partial charge in [0.05, 0.1) is 12.8 Å². The third-order valence-electron chi connectivity index (χ3n) is 3.82. The van der Waals surface area contributed by atoms with Crippen molar-refractivity contribution < 1.29 is 19.1 Å². The molecule has 2 aromatic carbocycles. The zero-order valence-electron chi connectivity index (χ0n) is 13.8. The van der Waals surface area contributed by atoms with Crippen LogP contribution < -0.4 is 15.0 Å². The second-order valence-electron chi connectivity index (χ2n) is 5.57. The Labute approximate surface area is 144 Å². The van der Waals surface area contributed by atoms with Crippen molar-refractivity contribution in [3.05, 3.63) is 65.2 Å². The number of nitrogens with zero attached hydrogens (tertiary/aromatic N) is 1. The second-order valence-corrected chi connectivity index (χ2v) is 5.57. The first-order chi connectivity index (χ1) is 12.0. The summed E-state index contributed by atoms with van der Waals surface area (Å²) < 4.78 is 5.08. The van der Waals surface area contributed by atoms with Gasteiger partial charge in [0.1, 0.15) is 11.3 Å². The van der Waals surface area contributed by atoms with Crippen molar-refractivity contribution in [2.45, 2.75) is 6.92 Å². The predicted octanol–water partition coefficient (Wildman–Crippen LogP) is 2.67. The van der Waals surface area contributed by atoms with Crippen molar-refractivity contribution in [3.63, 3.8) is 0 Å². The Balaban J connectivity index is 1.97. The summed E-state index contributed by atoms with van der Waals surface area (Å²) in [6.45, 7) is 1.90. The highest BCUT2D eigenvalue weighted by Gasteiger charge is 2.36. The lowest BCUT2D eigenvalue weighted by Gasteiger charge is -2.26. The lowest BCUT2D eigenvalue weighted by Crippen LogP contribution is -2.54. The van der Waals surface area contributed by atoms with Crippen LogP contribution >= 0.6 is 0 Å². The van der Waals surface area contributed by atoms with E-state index in [0.717, 1.165) is 10.5 Å². The number of amides is 4. The summed E-state index contributed by atoms with van der Waals surface area (Å²) in [6, 6.07) is 13.0. The maximum absolute atomic E-state index is 12.7. The van der Waals surface area contributed by atoms with Crippen LogP contribution in [0.25, 0.3) is 6.08 Å². The summed E-state index contributed by atoms with van der Waals surface area (Å²) >= 11 is 0. The third-order valence-corrected chi connectivity index (χ3v) is 3.82. The molecule has 126 valence electrons. The van der Waals surface area contributed by atoms with Gasteiger partial charge < -0.3 is 4.74 Å². The summed E-state index contributed by atoms with van der Waals surface area (Å²) in [5.74, 6) is -0.708. The molecule has 0 unspecified atom stereocenters. The minimum Gasteiger partial charge on any atom is -0.497 e. The molecule has 0 bridgehead atoms. The fraction of sp³-hybridized carbons (Fsp3) is 0.105. The monoisotopic (exact) mass is 336 g/mol. The molecular formula is C19H16N2O4. The van der Waals surface area contributed by atoms with Crippen LogP contribution in [0.2, 0.25) is 0 Å². The number of hydrogen-bond acceptors (Lipinski definition) is 4. The highest BCUT2D eigenvalue weighted by molar-refractivity contribution is 6.39. The van der Waals surface area contributed by atoms with E-state index in [1.54, 1.807) is 55.6 Å². The fourth-order valence-electron chi connectivity index (χ4n) is 2.45. The summed E-state index contributed by atoms with van der Waals surface area (Å²) in [5.41, 5.74) is 1.95. The molecule has 25 heavy (non-hydrogen) atoms. The van der Waals surface area contributed by atoms with E-state index in [9.17, 15) is 14.4 Å². The number of anilines is 1. The second kappa shape index (κ2) is 6.60. The molecule has 1 saturated heterocycles. The first-order valence-corrected chi connectivity index (χ1v) is 7.62. The van der Waals surface area contributed by atoms with Crippen molar-refractivity contribution in [2.24, 2.45) is 0 Å². The van der Waals surface area contributed by atoms with E-state index < -0.39 is 17.8 Å². The number of aryl methyl sites for hydroxylation is 1. The topological polar surface area (TPSA) is 75.7 Å². The van der Waals surface area contributed by atoms with E-state index in [2.05, 4.69) is 5.32 Å². The Hall–Kier alpha value is -3.41. The maximum atomic E-state index is 12.7. The number of rotatable bonds is 3. The van der Waals surface area contributed by atoms with Gasteiger partial charge in [-0.05, 0) is 42.8 Å². The van der Waals surface area contributed by atoms with Crippen molar-refractivity contribution in [1.29, 1.82) is 0 Å². The summed E-state index contributed by atoms with van der Waals surface area (Å²) in [7, 11) is 1.55. The molecule has 0 saturated carbocycles. The largest absolute Gasteiger partial charge is 0.497 e. The van der Waals surface area contributed by atoms with Crippen LogP contribution in [0, 0.1) is 6.92 Å². The van der Waals surface area contributed by atoms with Gasteiger partial charge in [0.15, 0.2) is 0 Å². The Bertz CT molecular complexity index is 867. The number of benzene rings is 2. The minimum atomic E-state index is -0.759. The normalized spacial score (nSPS) is 16.2. The van der Waals surface area contributed by atoms with E-state index in [-0.39, 0.29) is 5.57 Å². The van der Waals surface area contributed by atoms with Crippen molar-refractivity contribution >= 4 is 29.6 Å². The van der Waals surface area contributed by atoms with Gasteiger partial charge in [-0.1, -0.05) is 29.8 Å². The summed E-state index contributed by atoms with van der Waals surface area (Å²) in [5, 5.41) is 2.20. The molecule has 6 heteroatoms. The van der Waals surface area contributed by atoms with Gasteiger partial charge in [-0.15, -0.1) is 0 Å². The fourth-order valence-corrected chi connectivity index (χ4v) is 2.45. The lowest BCUT2D eigenvalue weighted by molar-refractivity contribution is -0.122. The standard InChI is InChI=1S/C19H16N2O4/c1-12-3-7-14(8-4-12)21-18(23)16(17(22)20-19(21)24)11-13-5-9-15(25-2)10-6-13/h3-11H,1-2H3,(H,20,22,24)/b16-11-. The number of carbonyl (C=O) groups excluding carboxylic acids is 3. The van der Waals surface area contributed by atoms with Crippen LogP contribution in [0.1, 0.15) is 11.1 Å². The molecule has 0 atom stereocenters. The van der Waals surface area contributed by atoms with Gasteiger partial charge in [-0.3, -0.25) is 14.9 Å². The number of urea groups is 1. The molecule has 0 spiro atoms. The molecule has 2 aromatic rings. The number of methoxy groups -OCH3 is 1. The number of barbiturate groups is 1. The zero-order chi connectivity index (χ0) is 18.0. The third kappa shape index (κ3) is 3.28. The molecule has 4 amide bonds. The number of carbonyl (C=O) groups is 3. The van der Waals surface area contributed by atoms with Gasteiger partial charge in [0.25, 0.3) is 11.8 Å². The number of ether oxygens (including phenoxy) is 1. The van der Waals surface area contributed by atoms with Crippen LogP contribution in [-0.2, 0) is 9.59 Å². The van der Waals surface area contributed by atoms with E-state index in [0.29, 0.717) is 17.0 Å². The highest BCUT2D eigenvalue weighted by Crippen LogP contribution is 2.22. The average molecular weight is 336 g/mol. The van der Waals surface area contributed by atoms with Gasteiger partial charge in [0, 0.05) is 0 Å². The van der Waals surface area contributed by atoms with Gasteiger partial charge in [-0.2, -0.15) is 0 Å². The van der Waals surface area contributed by atoms with Crippen molar-refractivity contribution in [2.75, 3.05) is 12.0 Å². The zero-order valence-corrected chi connectivity index (χ0v) is 13.8. The molecule has 3 rings (SSSR count). The van der Waals surface area contributed by atoms with E-state index >= 15 is 0 Å². The quantitative estimate of drug-likeness (QED) is 0.691. The molecule has 1 aliphatic heterocycles. The number of nitrogens with one attached hydrogen (secondary N) is 1. The Morgan fingerprint density at radius 1 is 0.960 bits per heavy atom. The summed E-state index contributed by atoms with van der Waals surface area (Å²) in [4.78, 5) is 37.9. The van der Waals surface area contributed by atoms with E-state index in [1.165, 1.54) is 6.08 Å². The predicted molar refractivity (Wildman–Crippen MR) is 93.2 cm³/mol. The van der Waals surface area contributed by atoms with Gasteiger partial charge >= 0.3 is 6.03 Å². The molecule has 6 nitrogen and oxygen atoms in total. The highest BCUT2D eigenvalue weighted by atomic mass is 16.5. The maximum Gasteiger partial charge on any atom is 0.335 e. The average Bonchev–Trinajstić information content (AvgIpc) is 2.60. The van der Waals surface area contributed by atoms with Crippen LogP contribution in [0.4, 0.5) is 10.5 Å². The Kier molecular flexibility index (Phi) is 4.35. The SMILES string of the molecule is COc1ccc(/C=C2/C(=O)NC(=O)N(c3ccc(C)cc3)C2=O)cc1. The first kappa shape index (κ1) is 16.4. The molecule has 1 heterocycles. The Morgan fingerprint density at radius 3 is 2.20 bits per heavy atom. The molecular weight excluding hydrogens is 320 g/mol. The van der Waals surface area contributed by atoms with Crippen molar-refractivity contribution in [1.82, 2.24) is 5.32 Å². The van der Waals surface area contributed by atoms with Crippen LogP contribution in [0.5, 0.6) is 5.75 Å². The van der Waals surface area contributed by atoms with E-state index in [1.807, 2.05) is 6.92 Å².